The molecule has 1 aliphatic heterocycles. The third-order valence-corrected chi connectivity index (χ3v) is 5.65. The second-order valence-corrected chi connectivity index (χ2v) is 7.70. The van der Waals surface area contributed by atoms with E-state index in [4.69, 9.17) is 9.47 Å². The molecule has 1 fully saturated rings. The summed E-state index contributed by atoms with van der Waals surface area (Å²) in [7, 11) is 3.13. The van der Waals surface area contributed by atoms with E-state index in [1.54, 1.807) is 41.1 Å². The molecule has 3 aromatic carbocycles. The Morgan fingerprint density at radius 2 is 1.55 bits per heavy atom. The molecule has 7 nitrogen and oxygen atoms in total. The minimum Gasteiger partial charge on any atom is -0.493 e. The lowest BCUT2D eigenvalue weighted by atomic mass is 10.2. The van der Waals surface area contributed by atoms with Crippen molar-refractivity contribution in [3.63, 3.8) is 0 Å². The van der Waals surface area contributed by atoms with Crippen LogP contribution in [0.2, 0.25) is 0 Å². The molecule has 1 heterocycles. The highest BCUT2D eigenvalue weighted by atomic mass is 16.5. The number of benzene rings is 3. The van der Waals surface area contributed by atoms with Gasteiger partial charge in [-0.2, -0.15) is 0 Å². The molecule has 4 rings (SSSR count). The van der Waals surface area contributed by atoms with Crippen LogP contribution in [0.5, 0.6) is 11.5 Å². The molecule has 1 aliphatic rings. The first-order chi connectivity index (χ1) is 16.1. The van der Waals surface area contributed by atoms with E-state index >= 15 is 0 Å². The van der Waals surface area contributed by atoms with Gasteiger partial charge in [-0.05, 0) is 29.8 Å². The Labute approximate surface area is 193 Å². The maximum Gasteiger partial charge on any atom is 0.325 e. The minimum atomic E-state index is -0.205. The van der Waals surface area contributed by atoms with Crippen molar-refractivity contribution in [1.82, 2.24) is 4.90 Å². The van der Waals surface area contributed by atoms with Gasteiger partial charge in [-0.1, -0.05) is 48.5 Å². The van der Waals surface area contributed by atoms with Gasteiger partial charge in [0, 0.05) is 30.5 Å². The quantitative estimate of drug-likeness (QED) is 0.522. The van der Waals surface area contributed by atoms with Crippen LogP contribution in [-0.4, -0.2) is 50.7 Å². The number of hydrogen-bond donors (Lipinski definition) is 0. The first-order valence-corrected chi connectivity index (χ1v) is 10.8. The second kappa shape index (κ2) is 10.1. The van der Waals surface area contributed by atoms with E-state index in [1.165, 1.54) is 0 Å². The van der Waals surface area contributed by atoms with Crippen LogP contribution < -0.4 is 19.3 Å². The Kier molecular flexibility index (Phi) is 6.78. The van der Waals surface area contributed by atoms with Gasteiger partial charge in [-0.3, -0.25) is 9.69 Å². The van der Waals surface area contributed by atoms with E-state index in [-0.39, 0.29) is 18.5 Å². The molecular weight excluding hydrogens is 418 g/mol. The van der Waals surface area contributed by atoms with Crippen LogP contribution in [0.15, 0.2) is 78.9 Å². The zero-order valence-electron chi connectivity index (χ0n) is 18.8. The summed E-state index contributed by atoms with van der Waals surface area (Å²) >= 11 is 0. The van der Waals surface area contributed by atoms with Gasteiger partial charge in [0.25, 0.3) is 0 Å². The monoisotopic (exact) mass is 445 g/mol. The number of hydrogen-bond acceptors (Lipinski definition) is 4. The summed E-state index contributed by atoms with van der Waals surface area (Å²) in [4.78, 5) is 31.4. The van der Waals surface area contributed by atoms with Crippen LogP contribution in [0.4, 0.5) is 16.2 Å². The number of ether oxygens (including phenoxy) is 2. The van der Waals surface area contributed by atoms with Gasteiger partial charge < -0.3 is 19.3 Å². The summed E-state index contributed by atoms with van der Waals surface area (Å²) in [5, 5.41) is 0. The topological polar surface area (TPSA) is 62.3 Å². The lowest BCUT2D eigenvalue weighted by Gasteiger charge is -2.26. The van der Waals surface area contributed by atoms with Crippen LogP contribution in [0.1, 0.15) is 5.56 Å². The average molecular weight is 446 g/mol. The van der Waals surface area contributed by atoms with Crippen LogP contribution >= 0.6 is 0 Å². The molecule has 170 valence electrons. The Hall–Kier alpha value is -4.00. The molecule has 0 aromatic heterocycles. The third kappa shape index (κ3) is 4.92. The molecule has 0 N–H and O–H groups in total. The average Bonchev–Trinajstić information content (AvgIpc) is 3.22. The molecule has 0 spiro atoms. The number of amides is 3. The number of anilines is 2. The highest BCUT2D eigenvalue weighted by molar-refractivity contribution is 6.00. The van der Waals surface area contributed by atoms with Crippen molar-refractivity contribution in [3.8, 4) is 11.5 Å². The van der Waals surface area contributed by atoms with Gasteiger partial charge in [0.1, 0.15) is 6.54 Å². The number of methoxy groups -OCH3 is 2. The van der Waals surface area contributed by atoms with E-state index < -0.39 is 0 Å². The van der Waals surface area contributed by atoms with Crippen molar-refractivity contribution in [2.24, 2.45) is 0 Å². The first kappa shape index (κ1) is 22.2. The van der Waals surface area contributed by atoms with E-state index in [0.717, 1.165) is 11.3 Å². The van der Waals surface area contributed by atoms with Crippen LogP contribution in [0.25, 0.3) is 0 Å². The minimum absolute atomic E-state index is 0.00432. The van der Waals surface area contributed by atoms with Crippen molar-refractivity contribution in [2.75, 3.05) is 43.7 Å². The van der Waals surface area contributed by atoms with Gasteiger partial charge in [0.05, 0.1) is 20.8 Å². The predicted molar refractivity (Wildman–Crippen MR) is 128 cm³/mol. The highest BCUT2D eigenvalue weighted by Crippen LogP contribution is 2.33. The summed E-state index contributed by atoms with van der Waals surface area (Å²) in [6, 6.07) is 24.5. The van der Waals surface area contributed by atoms with E-state index in [1.807, 2.05) is 66.7 Å². The van der Waals surface area contributed by atoms with Crippen molar-refractivity contribution < 1.29 is 19.1 Å². The van der Waals surface area contributed by atoms with Gasteiger partial charge >= 0.3 is 6.03 Å². The fourth-order valence-corrected chi connectivity index (χ4v) is 3.91. The molecule has 3 amide bonds. The standard InChI is InChI=1S/C26H27N3O4/c1-32-23-14-13-22(17-24(23)33-2)28-16-15-27(26(28)31)19-25(30)29(21-11-7-4-8-12-21)18-20-9-5-3-6-10-20/h3-14,17H,15-16,18-19H2,1-2H3. The summed E-state index contributed by atoms with van der Waals surface area (Å²) in [5.41, 5.74) is 2.53. The summed E-state index contributed by atoms with van der Waals surface area (Å²) in [6.07, 6.45) is 0. The van der Waals surface area contributed by atoms with Crippen LogP contribution in [-0.2, 0) is 11.3 Å². The number of nitrogens with zero attached hydrogens (tertiary/aromatic N) is 3. The van der Waals surface area contributed by atoms with E-state index in [0.29, 0.717) is 36.8 Å². The molecule has 0 saturated carbocycles. The number of carbonyl (C=O) groups is 2. The van der Waals surface area contributed by atoms with Crippen LogP contribution in [0.3, 0.4) is 0 Å². The SMILES string of the molecule is COc1ccc(N2CCN(CC(=O)N(Cc3ccccc3)c3ccccc3)C2=O)cc1OC. The third-order valence-electron chi connectivity index (χ3n) is 5.65. The molecule has 7 heteroatoms. The Bertz CT molecular complexity index is 1110. The number of para-hydroxylation sites is 1. The van der Waals surface area contributed by atoms with Crippen molar-refractivity contribution in [3.05, 3.63) is 84.4 Å². The summed E-state index contributed by atoms with van der Waals surface area (Å²) < 4.78 is 10.6. The van der Waals surface area contributed by atoms with Gasteiger partial charge in [0.15, 0.2) is 11.5 Å². The van der Waals surface area contributed by atoms with Gasteiger partial charge in [0.2, 0.25) is 5.91 Å². The molecule has 0 radical (unpaired) electrons. The summed E-state index contributed by atoms with van der Waals surface area (Å²) in [5.74, 6) is 1.02. The van der Waals surface area contributed by atoms with Crippen molar-refractivity contribution >= 4 is 23.3 Å². The molecular formula is C26H27N3O4. The normalized spacial score (nSPS) is 13.2. The Morgan fingerprint density at radius 3 is 2.21 bits per heavy atom. The van der Waals surface area contributed by atoms with Crippen LogP contribution in [0, 0.1) is 0 Å². The summed E-state index contributed by atoms with van der Waals surface area (Å²) in [6.45, 7) is 1.40. The molecule has 0 unspecified atom stereocenters. The Balaban J connectivity index is 1.50. The molecule has 3 aromatic rings. The molecule has 1 saturated heterocycles. The second-order valence-electron chi connectivity index (χ2n) is 7.70. The van der Waals surface area contributed by atoms with Gasteiger partial charge in [-0.25, -0.2) is 4.79 Å². The first-order valence-electron chi connectivity index (χ1n) is 10.8. The number of rotatable bonds is 8. The molecule has 0 bridgehead atoms. The Morgan fingerprint density at radius 1 is 0.879 bits per heavy atom. The van der Waals surface area contributed by atoms with Crippen molar-refractivity contribution in [1.29, 1.82) is 0 Å². The zero-order chi connectivity index (χ0) is 23.2. The smallest absolute Gasteiger partial charge is 0.325 e. The predicted octanol–water partition coefficient (Wildman–Crippen LogP) is 4.18. The fourth-order valence-electron chi connectivity index (χ4n) is 3.91. The van der Waals surface area contributed by atoms with Gasteiger partial charge in [-0.15, -0.1) is 0 Å². The highest BCUT2D eigenvalue weighted by Gasteiger charge is 2.32. The molecule has 0 atom stereocenters. The van der Waals surface area contributed by atoms with E-state index in [9.17, 15) is 9.59 Å². The maximum absolute atomic E-state index is 13.4. The number of urea groups is 1. The fraction of sp³-hybridized carbons (Fsp3) is 0.231. The largest absolute Gasteiger partial charge is 0.493 e. The zero-order valence-corrected chi connectivity index (χ0v) is 18.8. The maximum atomic E-state index is 13.4. The van der Waals surface area contributed by atoms with E-state index in [2.05, 4.69) is 0 Å². The lowest BCUT2D eigenvalue weighted by Crippen LogP contribution is -2.42. The molecule has 33 heavy (non-hydrogen) atoms. The number of carbonyl (C=O) groups excluding carboxylic acids is 2. The molecule has 0 aliphatic carbocycles. The lowest BCUT2D eigenvalue weighted by molar-refractivity contribution is -0.119. The van der Waals surface area contributed by atoms with Crippen molar-refractivity contribution in [2.45, 2.75) is 6.54 Å².